The molecule has 0 aromatic carbocycles. The molecule has 0 bridgehead atoms. The Balaban J connectivity index is 1.94. The van der Waals surface area contributed by atoms with E-state index in [4.69, 9.17) is 21.6 Å². The van der Waals surface area contributed by atoms with Gasteiger partial charge in [0.1, 0.15) is 4.88 Å². The normalized spacial score (nSPS) is 19.5. The molecule has 1 aliphatic rings. The lowest BCUT2D eigenvalue weighted by molar-refractivity contribution is 0.446. The van der Waals surface area contributed by atoms with Crippen LogP contribution >= 0.6 is 23.6 Å². The second-order valence-electron chi connectivity index (χ2n) is 5.24. The predicted molar refractivity (Wildman–Crippen MR) is 82.8 cm³/mol. The van der Waals surface area contributed by atoms with E-state index in [9.17, 15) is 0 Å². The van der Waals surface area contributed by atoms with Crippen molar-refractivity contribution in [3.05, 3.63) is 10.5 Å². The van der Waals surface area contributed by atoms with Gasteiger partial charge in [-0.05, 0) is 37.4 Å². The van der Waals surface area contributed by atoms with Gasteiger partial charge in [0.05, 0.1) is 5.69 Å². The second kappa shape index (κ2) is 5.65. The van der Waals surface area contributed by atoms with Gasteiger partial charge in [-0.3, -0.25) is 0 Å². The minimum absolute atomic E-state index is 0.309. The summed E-state index contributed by atoms with van der Waals surface area (Å²) in [5.74, 6) is 1.29. The van der Waals surface area contributed by atoms with E-state index in [-0.39, 0.29) is 0 Å². The Kier molecular flexibility index (Phi) is 3.89. The predicted octanol–water partition coefficient (Wildman–Crippen LogP) is 3.65. The summed E-state index contributed by atoms with van der Waals surface area (Å²) in [6, 6.07) is 0. The van der Waals surface area contributed by atoms with Crippen molar-refractivity contribution in [3.8, 4) is 10.8 Å². The van der Waals surface area contributed by atoms with Crippen molar-refractivity contribution in [1.82, 2.24) is 15.2 Å². The van der Waals surface area contributed by atoms with Crippen LogP contribution in [0.25, 0.3) is 10.8 Å². The molecule has 1 saturated heterocycles. The first-order valence-electron chi connectivity index (χ1n) is 6.98. The Bertz CT molecular complexity index is 645. The standard InChI is InChI=1S/C13H18N4OS2/c1-3-9-10(11-15-16-13(19)18-11)20-12(14-9)17-6-4-5-8(2)7-17/h8H,3-7H2,1-2H3,(H,16,19). The van der Waals surface area contributed by atoms with Gasteiger partial charge in [0, 0.05) is 13.1 Å². The van der Waals surface area contributed by atoms with E-state index < -0.39 is 0 Å². The lowest BCUT2D eigenvalue weighted by atomic mass is 10.0. The van der Waals surface area contributed by atoms with Crippen LogP contribution in [0.5, 0.6) is 0 Å². The molecule has 0 spiro atoms. The summed E-state index contributed by atoms with van der Waals surface area (Å²) in [6.45, 7) is 6.57. The number of aromatic amines is 1. The molecule has 7 heteroatoms. The van der Waals surface area contributed by atoms with E-state index in [1.807, 2.05) is 0 Å². The number of anilines is 1. The highest BCUT2D eigenvalue weighted by molar-refractivity contribution is 7.71. The van der Waals surface area contributed by atoms with Gasteiger partial charge < -0.3 is 9.32 Å². The van der Waals surface area contributed by atoms with Gasteiger partial charge in [0.15, 0.2) is 5.13 Å². The maximum atomic E-state index is 5.43. The van der Waals surface area contributed by atoms with E-state index in [0.29, 0.717) is 10.7 Å². The molecule has 0 amide bonds. The average molecular weight is 310 g/mol. The summed E-state index contributed by atoms with van der Waals surface area (Å²) in [7, 11) is 0. The Hall–Kier alpha value is -1.21. The van der Waals surface area contributed by atoms with Crippen molar-refractivity contribution >= 4 is 28.7 Å². The van der Waals surface area contributed by atoms with Crippen molar-refractivity contribution in [3.63, 3.8) is 0 Å². The molecule has 0 aliphatic carbocycles. The molecule has 2 aromatic rings. The Labute approximate surface area is 127 Å². The molecule has 1 atom stereocenters. The third-order valence-electron chi connectivity index (χ3n) is 3.58. The maximum Gasteiger partial charge on any atom is 0.284 e. The molecule has 1 N–H and O–H groups in total. The number of hydrogen-bond acceptors (Lipinski definition) is 6. The molecule has 3 rings (SSSR count). The van der Waals surface area contributed by atoms with Gasteiger partial charge in [-0.15, -0.1) is 5.10 Å². The van der Waals surface area contributed by atoms with Gasteiger partial charge in [-0.1, -0.05) is 25.2 Å². The first-order valence-corrected chi connectivity index (χ1v) is 8.20. The lowest BCUT2D eigenvalue weighted by Crippen LogP contribution is -2.34. The number of nitrogens with one attached hydrogen (secondary N) is 1. The zero-order valence-corrected chi connectivity index (χ0v) is 13.3. The van der Waals surface area contributed by atoms with E-state index in [1.165, 1.54) is 12.8 Å². The molecule has 1 aliphatic heterocycles. The van der Waals surface area contributed by atoms with Gasteiger partial charge >= 0.3 is 0 Å². The molecule has 108 valence electrons. The van der Waals surface area contributed by atoms with Crippen LogP contribution in [0.4, 0.5) is 5.13 Å². The number of nitrogens with zero attached hydrogens (tertiary/aromatic N) is 3. The number of rotatable bonds is 3. The minimum Gasteiger partial charge on any atom is -0.408 e. The van der Waals surface area contributed by atoms with E-state index in [2.05, 4.69) is 28.9 Å². The summed E-state index contributed by atoms with van der Waals surface area (Å²) in [4.78, 5) is 8.45. The van der Waals surface area contributed by atoms with Crippen molar-refractivity contribution < 1.29 is 4.42 Å². The van der Waals surface area contributed by atoms with Crippen molar-refractivity contribution in [2.24, 2.45) is 5.92 Å². The number of H-pyrrole nitrogens is 1. The van der Waals surface area contributed by atoms with Crippen molar-refractivity contribution in [2.45, 2.75) is 33.1 Å². The Morgan fingerprint density at radius 2 is 2.40 bits per heavy atom. The summed E-state index contributed by atoms with van der Waals surface area (Å²) in [5, 5.41) is 7.88. The quantitative estimate of drug-likeness (QED) is 0.877. The topological polar surface area (TPSA) is 58.0 Å². The van der Waals surface area contributed by atoms with Crippen molar-refractivity contribution in [2.75, 3.05) is 18.0 Å². The largest absolute Gasteiger partial charge is 0.408 e. The molecule has 3 heterocycles. The highest BCUT2D eigenvalue weighted by atomic mass is 32.1. The fourth-order valence-electron chi connectivity index (χ4n) is 2.57. The third kappa shape index (κ3) is 2.64. The average Bonchev–Trinajstić information content (AvgIpc) is 3.04. The highest BCUT2D eigenvalue weighted by Gasteiger charge is 2.23. The van der Waals surface area contributed by atoms with Crippen LogP contribution in [0.1, 0.15) is 32.4 Å². The number of hydrogen-bond donors (Lipinski definition) is 1. The van der Waals surface area contributed by atoms with E-state index in [1.54, 1.807) is 11.3 Å². The molecule has 20 heavy (non-hydrogen) atoms. The van der Waals surface area contributed by atoms with Crippen LogP contribution in [0.15, 0.2) is 4.42 Å². The van der Waals surface area contributed by atoms with Crippen LogP contribution < -0.4 is 4.90 Å². The summed E-state index contributed by atoms with van der Waals surface area (Å²) in [6.07, 6.45) is 3.41. The molecule has 1 fully saturated rings. The molecular weight excluding hydrogens is 292 g/mol. The zero-order valence-electron chi connectivity index (χ0n) is 11.7. The monoisotopic (exact) mass is 310 g/mol. The van der Waals surface area contributed by atoms with Crippen LogP contribution in [0.2, 0.25) is 0 Å². The highest BCUT2D eigenvalue weighted by Crippen LogP contribution is 2.35. The second-order valence-corrected chi connectivity index (χ2v) is 6.59. The molecular formula is C13H18N4OS2. The van der Waals surface area contributed by atoms with Gasteiger partial charge in [-0.25, -0.2) is 10.1 Å². The first kappa shape index (κ1) is 13.8. The van der Waals surface area contributed by atoms with Gasteiger partial charge in [-0.2, -0.15) is 0 Å². The van der Waals surface area contributed by atoms with Crippen LogP contribution in [0, 0.1) is 10.8 Å². The van der Waals surface area contributed by atoms with Crippen LogP contribution in [-0.2, 0) is 6.42 Å². The third-order valence-corrected chi connectivity index (χ3v) is 4.90. The fraction of sp³-hybridized carbons (Fsp3) is 0.615. The van der Waals surface area contributed by atoms with E-state index in [0.717, 1.165) is 41.1 Å². The maximum absolute atomic E-state index is 5.43. The van der Waals surface area contributed by atoms with Gasteiger partial charge in [0.2, 0.25) is 0 Å². The summed E-state index contributed by atoms with van der Waals surface area (Å²) in [5.41, 5.74) is 1.04. The molecule has 0 saturated carbocycles. The van der Waals surface area contributed by atoms with Crippen molar-refractivity contribution in [1.29, 1.82) is 0 Å². The minimum atomic E-state index is 0.309. The number of aromatic nitrogens is 3. The SMILES string of the molecule is CCc1nc(N2CCCC(C)C2)sc1-c1n[nH]c(=S)o1. The summed E-state index contributed by atoms with van der Waals surface area (Å²) >= 11 is 6.60. The Morgan fingerprint density at radius 1 is 1.55 bits per heavy atom. The van der Waals surface area contributed by atoms with Crippen LogP contribution in [-0.4, -0.2) is 28.3 Å². The summed E-state index contributed by atoms with van der Waals surface area (Å²) < 4.78 is 5.43. The number of piperidine rings is 1. The smallest absolute Gasteiger partial charge is 0.284 e. The Morgan fingerprint density at radius 3 is 3.05 bits per heavy atom. The molecule has 2 aromatic heterocycles. The molecule has 5 nitrogen and oxygen atoms in total. The van der Waals surface area contributed by atoms with E-state index >= 15 is 0 Å². The lowest BCUT2D eigenvalue weighted by Gasteiger charge is -2.30. The fourth-order valence-corrected chi connectivity index (χ4v) is 3.81. The number of thiazole rings is 1. The number of aryl methyl sites for hydroxylation is 1. The molecule has 1 unspecified atom stereocenters. The molecule has 0 radical (unpaired) electrons. The zero-order chi connectivity index (χ0) is 14.1. The first-order chi connectivity index (χ1) is 9.67. The van der Waals surface area contributed by atoms with Crippen LogP contribution in [0.3, 0.4) is 0 Å². The van der Waals surface area contributed by atoms with Gasteiger partial charge in [0.25, 0.3) is 10.7 Å².